The molecule has 2 N–H and O–H groups in total. The Hall–Kier alpha value is -0.693. The van der Waals surface area contributed by atoms with Crippen molar-refractivity contribution in [1.29, 1.82) is 0 Å². The third-order valence-electron chi connectivity index (χ3n) is 5.20. The van der Waals surface area contributed by atoms with Gasteiger partial charge in [-0.2, -0.15) is 0 Å². The summed E-state index contributed by atoms with van der Waals surface area (Å²) < 4.78 is 12.0. The molecule has 0 saturated heterocycles. The number of ether oxygens (including phenoxy) is 1. The van der Waals surface area contributed by atoms with E-state index in [9.17, 15) is 9.90 Å². The lowest BCUT2D eigenvalue weighted by Gasteiger charge is -2.43. The predicted octanol–water partition coefficient (Wildman–Crippen LogP) is 3.02. The zero-order valence-electron chi connectivity index (χ0n) is 16.0. The molecule has 0 amide bonds. The van der Waals surface area contributed by atoms with Crippen molar-refractivity contribution >= 4 is 14.3 Å². The minimum absolute atomic E-state index is 0.182. The van der Waals surface area contributed by atoms with Gasteiger partial charge in [0, 0.05) is 5.92 Å². The summed E-state index contributed by atoms with van der Waals surface area (Å²) in [7, 11) is -2.22. The summed E-state index contributed by atoms with van der Waals surface area (Å²) in [5, 5.41) is 19.0. The largest absolute Gasteiger partial charge is 0.457 e. The Labute approximate surface area is 147 Å². The highest BCUT2D eigenvalue weighted by molar-refractivity contribution is 6.77. The molecule has 6 heteroatoms. The Morgan fingerprint density at radius 2 is 1.62 bits per heavy atom. The summed E-state index contributed by atoms with van der Waals surface area (Å²) in [6, 6.07) is 0. The number of carbonyl (C=O) groups is 1. The van der Waals surface area contributed by atoms with Crippen LogP contribution in [0.25, 0.3) is 0 Å². The van der Waals surface area contributed by atoms with Crippen LogP contribution in [0.5, 0.6) is 0 Å². The highest BCUT2D eigenvalue weighted by Gasteiger charge is 2.48. The number of aliphatic hydroxyl groups is 2. The summed E-state index contributed by atoms with van der Waals surface area (Å²) in [6.45, 7) is 14.4. The fraction of sp³-hybridized carbons (Fsp3) is 0.833. The van der Waals surface area contributed by atoms with Gasteiger partial charge in [-0.3, -0.25) is 0 Å². The molecule has 1 heterocycles. The molecule has 0 aliphatic carbocycles. The van der Waals surface area contributed by atoms with Crippen molar-refractivity contribution in [2.45, 2.75) is 83.4 Å². The molecular formula is C18H34O5Si. The van der Waals surface area contributed by atoms with Crippen LogP contribution in [0.15, 0.2) is 12.2 Å². The number of cyclic esters (lactones) is 1. The van der Waals surface area contributed by atoms with Crippen LogP contribution >= 0.6 is 0 Å². The average molecular weight is 359 g/mol. The number of esters is 1. The van der Waals surface area contributed by atoms with E-state index >= 15 is 0 Å². The van der Waals surface area contributed by atoms with E-state index in [1.807, 2.05) is 13.0 Å². The first kappa shape index (κ1) is 21.3. The molecule has 4 atom stereocenters. The van der Waals surface area contributed by atoms with E-state index in [2.05, 4.69) is 41.5 Å². The number of carbonyl (C=O) groups excluding carboxylic acids is 1. The van der Waals surface area contributed by atoms with Gasteiger partial charge in [0.05, 0.1) is 6.61 Å². The third-order valence-corrected chi connectivity index (χ3v) is 11.3. The first-order valence-electron chi connectivity index (χ1n) is 8.93. The molecule has 1 aliphatic rings. The monoisotopic (exact) mass is 358 g/mol. The molecule has 0 saturated carbocycles. The fourth-order valence-electron chi connectivity index (χ4n) is 4.02. The maximum Gasteiger partial charge on any atom is 0.338 e. The predicted molar refractivity (Wildman–Crippen MR) is 97.2 cm³/mol. The van der Waals surface area contributed by atoms with Crippen LogP contribution in [0.2, 0.25) is 16.6 Å². The van der Waals surface area contributed by atoms with Gasteiger partial charge in [0.25, 0.3) is 0 Å². The van der Waals surface area contributed by atoms with Crippen molar-refractivity contribution in [3.8, 4) is 0 Å². The molecule has 140 valence electrons. The van der Waals surface area contributed by atoms with Crippen molar-refractivity contribution in [2.75, 3.05) is 6.61 Å². The van der Waals surface area contributed by atoms with E-state index < -0.39 is 39.2 Å². The van der Waals surface area contributed by atoms with Crippen LogP contribution < -0.4 is 0 Å². The lowest BCUT2D eigenvalue weighted by molar-refractivity contribution is -0.164. The Morgan fingerprint density at radius 1 is 1.12 bits per heavy atom. The zero-order chi connectivity index (χ0) is 18.7. The molecule has 24 heavy (non-hydrogen) atoms. The number of aliphatic hydroxyl groups excluding tert-OH is 2. The maximum absolute atomic E-state index is 12.6. The molecule has 0 radical (unpaired) electrons. The summed E-state index contributed by atoms with van der Waals surface area (Å²) in [5.74, 6) is -0.662. The van der Waals surface area contributed by atoms with Crippen molar-refractivity contribution in [2.24, 2.45) is 5.92 Å². The second-order valence-corrected chi connectivity index (χ2v) is 13.2. The van der Waals surface area contributed by atoms with Crippen LogP contribution in [0, 0.1) is 5.92 Å². The van der Waals surface area contributed by atoms with Gasteiger partial charge in [-0.25, -0.2) is 4.79 Å². The van der Waals surface area contributed by atoms with Crippen LogP contribution in [0.3, 0.4) is 0 Å². The number of hydrogen-bond acceptors (Lipinski definition) is 5. The molecule has 0 fully saturated rings. The van der Waals surface area contributed by atoms with Gasteiger partial charge in [0.2, 0.25) is 8.32 Å². The third kappa shape index (κ3) is 4.28. The zero-order valence-corrected chi connectivity index (χ0v) is 17.0. The number of rotatable bonds is 7. The smallest absolute Gasteiger partial charge is 0.338 e. The SMILES string of the molecule is CC(C)[Si](O[C@@H]1C=C[C@H](C)[C@@H]([C@H](O)CO)OC1=O)(C(C)C)C(C)C. The van der Waals surface area contributed by atoms with Crippen LogP contribution in [0.4, 0.5) is 0 Å². The molecule has 0 unspecified atom stereocenters. The minimum atomic E-state index is -2.22. The van der Waals surface area contributed by atoms with Gasteiger partial charge in [-0.1, -0.05) is 54.5 Å². The van der Waals surface area contributed by atoms with Gasteiger partial charge in [-0.05, 0) is 22.7 Å². The summed E-state index contributed by atoms with van der Waals surface area (Å²) in [4.78, 5) is 12.6. The standard InChI is InChI=1S/C18H34O5Si/c1-11(2)24(12(3)4,13(5)6)23-16-9-8-14(7)17(15(20)10-19)22-18(16)21/h8-9,11-17,19-20H,10H2,1-7H3/t14-,15+,16+,17-/m0/s1. The summed E-state index contributed by atoms with van der Waals surface area (Å²) in [5.41, 5.74) is 1.08. The van der Waals surface area contributed by atoms with Crippen LogP contribution in [0.1, 0.15) is 48.5 Å². The Kier molecular flexibility index (Phi) is 7.65. The van der Waals surface area contributed by atoms with Gasteiger partial charge >= 0.3 is 5.97 Å². The highest BCUT2D eigenvalue weighted by atomic mass is 28.4. The first-order valence-corrected chi connectivity index (χ1v) is 11.1. The molecular weight excluding hydrogens is 324 g/mol. The van der Waals surface area contributed by atoms with Crippen molar-refractivity contribution in [3.05, 3.63) is 12.2 Å². The Morgan fingerprint density at radius 3 is 2.04 bits per heavy atom. The van der Waals surface area contributed by atoms with E-state index in [-0.39, 0.29) is 5.92 Å². The summed E-state index contributed by atoms with van der Waals surface area (Å²) >= 11 is 0. The maximum atomic E-state index is 12.6. The normalized spacial score (nSPS) is 26.8. The molecule has 0 bridgehead atoms. The molecule has 1 aliphatic heterocycles. The van der Waals surface area contributed by atoms with E-state index in [0.29, 0.717) is 16.6 Å². The topological polar surface area (TPSA) is 76.0 Å². The van der Waals surface area contributed by atoms with E-state index in [1.54, 1.807) is 6.08 Å². The molecule has 0 spiro atoms. The van der Waals surface area contributed by atoms with Crippen LogP contribution in [-0.2, 0) is 14.0 Å². The minimum Gasteiger partial charge on any atom is -0.457 e. The quantitative estimate of drug-likeness (QED) is 0.416. The Balaban J connectivity index is 3.09. The van der Waals surface area contributed by atoms with Crippen molar-refractivity contribution in [1.82, 2.24) is 0 Å². The second-order valence-electron chi connectivity index (χ2n) is 7.75. The van der Waals surface area contributed by atoms with Crippen molar-refractivity contribution in [3.63, 3.8) is 0 Å². The summed E-state index contributed by atoms with van der Waals surface area (Å²) in [6.07, 6.45) is 1.02. The van der Waals surface area contributed by atoms with Gasteiger partial charge < -0.3 is 19.4 Å². The first-order chi connectivity index (χ1) is 11.1. The van der Waals surface area contributed by atoms with E-state index in [0.717, 1.165) is 0 Å². The van der Waals surface area contributed by atoms with Gasteiger partial charge in [-0.15, -0.1) is 0 Å². The second kappa shape index (κ2) is 8.60. The molecule has 0 aromatic carbocycles. The fourth-order valence-corrected chi connectivity index (χ4v) is 9.45. The van der Waals surface area contributed by atoms with Crippen molar-refractivity contribution < 1.29 is 24.2 Å². The molecule has 0 aromatic rings. The molecule has 5 nitrogen and oxygen atoms in total. The average Bonchev–Trinajstić information content (AvgIpc) is 2.63. The number of hydrogen-bond donors (Lipinski definition) is 2. The lowest BCUT2D eigenvalue weighted by atomic mass is 10.00. The van der Waals surface area contributed by atoms with E-state index in [1.165, 1.54) is 0 Å². The lowest BCUT2D eigenvalue weighted by Crippen LogP contribution is -2.51. The van der Waals surface area contributed by atoms with Gasteiger partial charge in [0.15, 0.2) is 6.10 Å². The van der Waals surface area contributed by atoms with E-state index in [4.69, 9.17) is 14.3 Å². The van der Waals surface area contributed by atoms with Gasteiger partial charge in [0.1, 0.15) is 12.2 Å². The highest BCUT2D eigenvalue weighted by Crippen LogP contribution is 2.43. The molecule has 0 aromatic heterocycles. The van der Waals surface area contributed by atoms with Crippen LogP contribution in [-0.4, -0.2) is 49.4 Å². The Bertz CT molecular complexity index is 425. The molecule has 1 rings (SSSR count).